The molecule has 0 amide bonds. The highest BCUT2D eigenvalue weighted by Gasteiger charge is 2.15. The second kappa shape index (κ2) is 11.4. The van der Waals surface area contributed by atoms with Crippen LogP contribution in [0, 0.1) is 5.92 Å². The predicted molar refractivity (Wildman–Crippen MR) is 71.5 cm³/mol. The third-order valence-corrected chi connectivity index (χ3v) is 3.36. The van der Waals surface area contributed by atoms with Gasteiger partial charge < -0.3 is 10.8 Å². The number of aliphatic hydroxyl groups is 1. The van der Waals surface area contributed by atoms with Crippen molar-refractivity contribution in [3.8, 4) is 0 Å². The molecule has 0 rings (SSSR count). The number of rotatable bonds is 11. The zero-order valence-corrected chi connectivity index (χ0v) is 11.3. The van der Waals surface area contributed by atoms with Gasteiger partial charge in [0, 0.05) is 0 Å². The molecule has 0 spiro atoms. The van der Waals surface area contributed by atoms with Crippen LogP contribution in [0.1, 0.15) is 71.6 Å². The van der Waals surface area contributed by atoms with E-state index in [1.54, 1.807) is 0 Å². The standard InChI is InChI=1S/C14H31NO/c1-3-5-6-7-8-9-11-14(16)13(12-15)10-4-2/h13-14,16H,3-12,15H2,1-2H3. The molecule has 0 aliphatic carbocycles. The molecule has 0 aliphatic rings. The third kappa shape index (κ3) is 8.12. The Kier molecular flexibility index (Phi) is 11.3. The van der Waals surface area contributed by atoms with E-state index in [2.05, 4.69) is 13.8 Å². The molecule has 3 N–H and O–H groups in total. The summed E-state index contributed by atoms with van der Waals surface area (Å²) in [5, 5.41) is 9.96. The number of nitrogens with two attached hydrogens (primary N) is 1. The molecule has 0 aromatic rings. The van der Waals surface area contributed by atoms with Gasteiger partial charge >= 0.3 is 0 Å². The number of aliphatic hydroxyl groups excluding tert-OH is 1. The van der Waals surface area contributed by atoms with Gasteiger partial charge in [-0.25, -0.2) is 0 Å². The number of hydrogen-bond acceptors (Lipinski definition) is 2. The van der Waals surface area contributed by atoms with E-state index in [1.165, 1.54) is 32.1 Å². The van der Waals surface area contributed by atoms with Crippen molar-refractivity contribution in [2.45, 2.75) is 77.7 Å². The smallest absolute Gasteiger partial charge is 0.0580 e. The summed E-state index contributed by atoms with van der Waals surface area (Å²) in [7, 11) is 0. The number of unbranched alkanes of at least 4 members (excludes halogenated alkanes) is 5. The van der Waals surface area contributed by atoms with Crippen molar-refractivity contribution in [2.75, 3.05) is 6.54 Å². The van der Waals surface area contributed by atoms with Crippen molar-refractivity contribution in [1.29, 1.82) is 0 Å². The Labute approximate surface area is 102 Å². The normalized spacial score (nSPS) is 15.0. The lowest BCUT2D eigenvalue weighted by Crippen LogP contribution is -2.27. The van der Waals surface area contributed by atoms with Gasteiger partial charge in [0.15, 0.2) is 0 Å². The fraction of sp³-hybridized carbons (Fsp3) is 1.00. The second-order valence-corrected chi connectivity index (χ2v) is 4.91. The SMILES string of the molecule is CCCCCCCCC(O)C(CN)CCC. The molecule has 0 fully saturated rings. The Morgan fingerprint density at radius 1 is 0.875 bits per heavy atom. The monoisotopic (exact) mass is 229 g/mol. The van der Waals surface area contributed by atoms with Gasteiger partial charge in [-0.3, -0.25) is 0 Å². The van der Waals surface area contributed by atoms with E-state index >= 15 is 0 Å². The second-order valence-electron chi connectivity index (χ2n) is 4.91. The van der Waals surface area contributed by atoms with Gasteiger partial charge in [-0.05, 0) is 25.3 Å². The zero-order valence-electron chi connectivity index (χ0n) is 11.3. The molecule has 0 bridgehead atoms. The molecule has 2 atom stereocenters. The Bertz CT molecular complexity index is 139. The lowest BCUT2D eigenvalue weighted by Gasteiger charge is -2.20. The molecule has 16 heavy (non-hydrogen) atoms. The van der Waals surface area contributed by atoms with E-state index in [1.807, 2.05) is 0 Å². The van der Waals surface area contributed by atoms with Crippen LogP contribution in [-0.2, 0) is 0 Å². The highest BCUT2D eigenvalue weighted by Crippen LogP contribution is 2.16. The summed E-state index contributed by atoms with van der Waals surface area (Å²) in [6.45, 7) is 5.02. The summed E-state index contributed by atoms with van der Waals surface area (Å²) >= 11 is 0. The molecule has 0 saturated heterocycles. The van der Waals surface area contributed by atoms with Crippen molar-refractivity contribution < 1.29 is 5.11 Å². The van der Waals surface area contributed by atoms with Crippen molar-refractivity contribution in [3.05, 3.63) is 0 Å². The van der Waals surface area contributed by atoms with Crippen LogP contribution in [0.3, 0.4) is 0 Å². The van der Waals surface area contributed by atoms with E-state index in [4.69, 9.17) is 5.73 Å². The van der Waals surface area contributed by atoms with E-state index in [9.17, 15) is 5.11 Å². The van der Waals surface area contributed by atoms with Crippen LogP contribution in [0.25, 0.3) is 0 Å². The molecule has 98 valence electrons. The first-order valence-electron chi connectivity index (χ1n) is 7.14. The third-order valence-electron chi connectivity index (χ3n) is 3.36. The van der Waals surface area contributed by atoms with Gasteiger partial charge in [-0.1, -0.05) is 58.8 Å². The maximum absolute atomic E-state index is 9.96. The van der Waals surface area contributed by atoms with Crippen molar-refractivity contribution in [2.24, 2.45) is 11.7 Å². The summed E-state index contributed by atoms with van der Waals surface area (Å²) in [5.41, 5.74) is 5.67. The number of hydrogen-bond donors (Lipinski definition) is 2. The quantitative estimate of drug-likeness (QED) is 0.533. The highest BCUT2D eigenvalue weighted by molar-refractivity contribution is 4.69. The van der Waals surface area contributed by atoms with Crippen LogP contribution in [-0.4, -0.2) is 17.8 Å². The van der Waals surface area contributed by atoms with Crippen LogP contribution in [0.2, 0.25) is 0 Å². The molecule has 0 saturated carbocycles. The van der Waals surface area contributed by atoms with Crippen LogP contribution in [0.4, 0.5) is 0 Å². The van der Waals surface area contributed by atoms with Crippen LogP contribution in [0.15, 0.2) is 0 Å². The minimum absolute atomic E-state index is 0.170. The Morgan fingerprint density at radius 3 is 2.06 bits per heavy atom. The van der Waals surface area contributed by atoms with E-state index < -0.39 is 0 Å². The Hall–Kier alpha value is -0.0800. The summed E-state index contributed by atoms with van der Waals surface area (Å²) in [5.74, 6) is 0.320. The lowest BCUT2D eigenvalue weighted by molar-refractivity contribution is 0.0945. The molecule has 0 aliphatic heterocycles. The zero-order chi connectivity index (χ0) is 12.2. The van der Waals surface area contributed by atoms with Gasteiger partial charge in [0.2, 0.25) is 0 Å². The molecule has 2 unspecified atom stereocenters. The van der Waals surface area contributed by atoms with Gasteiger partial charge in [-0.2, -0.15) is 0 Å². The molecular weight excluding hydrogens is 198 g/mol. The summed E-state index contributed by atoms with van der Waals surface area (Å²) < 4.78 is 0. The maximum atomic E-state index is 9.96. The maximum Gasteiger partial charge on any atom is 0.0580 e. The molecule has 0 heterocycles. The summed E-state index contributed by atoms with van der Waals surface area (Å²) in [6, 6.07) is 0. The average molecular weight is 229 g/mol. The van der Waals surface area contributed by atoms with Gasteiger partial charge in [0.1, 0.15) is 0 Å². The Balaban J connectivity index is 3.43. The van der Waals surface area contributed by atoms with Crippen molar-refractivity contribution in [1.82, 2.24) is 0 Å². The van der Waals surface area contributed by atoms with E-state index in [-0.39, 0.29) is 6.10 Å². The van der Waals surface area contributed by atoms with Gasteiger partial charge in [0.05, 0.1) is 6.10 Å². The van der Waals surface area contributed by atoms with Crippen molar-refractivity contribution in [3.63, 3.8) is 0 Å². The predicted octanol–water partition coefficient (Wildman–Crippen LogP) is 3.47. The van der Waals surface area contributed by atoms with Gasteiger partial charge in [0.25, 0.3) is 0 Å². The fourth-order valence-electron chi connectivity index (χ4n) is 2.21. The average Bonchev–Trinajstić information content (AvgIpc) is 2.30. The van der Waals surface area contributed by atoms with E-state index in [0.29, 0.717) is 12.5 Å². The molecule has 2 nitrogen and oxygen atoms in total. The minimum Gasteiger partial charge on any atom is -0.393 e. The molecule has 0 radical (unpaired) electrons. The van der Waals surface area contributed by atoms with Crippen LogP contribution in [0.5, 0.6) is 0 Å². The largest absolute Gasteiger partial charge is 0.393 e. The lowest BCUT2D eigenvalue weighted by atomic mass is 9.93. The molecule has 0 aromatic carbocycles. The summed E-state index contributed by atoms with van der Waals surface area (Å²) in [4.78, 5) is 0. The van der Waals surface area contributed by atoms with Crippen LogP contribution >= 0.6 is 0 Å². The first-order valence-corrected chi connectivity index (χ1v) is 7.14. The highest BCUT2D eigenvalue weighted by atomic mass is 16.3. The topological polar surface area (TPSA) is 46.2 Å². The van der Waals surface area contributed by atoms with E-state index in [0.717, 1.165) is 25.7 Å². The first-order chi connectivity index (χ1) is 7.76. The molecular formula is C14H31NO. The summed E-state index contributed by atoms with van der Waals surface area (Å²) in [6.07, 6.45) is 10.7. The fourth-order valence-corrected chi connectivity index (χ4v) is 2.21. The van der Waals surface area contributed by atoms with Crippen LogP contribution < -0.4 is 5.73 Å². The molecule has 0 aromatic heterocycles. The van der Waals surface area contributed by atoms with Crippen molar-refractivity contribution >= 4 is 0 Å². The first kappa shape index (κ1) is 15.9. The molecule has 2 heteroatoms. The minimum atomic E-state index is -0.170. The Morgan fingerprint density at radius 2 is 1.50 bits per heavy atom. The van der Waals surface area contributed by atoms with Gasteiger partial charge in [-0.15, -0.1) is 0 Å².